The molecule has 0 fully saturated rings. The average molecular weight is 213 g/mol. The van der Waals surface area contributed by atoms with Gasteiger partial charge in [0.1, 0.15) is 5.75 Å². The Kier molecular flexibility index (Phi) is 2.88. The zero-order valence-corrected chi connectivity index (χ0v) is 8.92. The van der Waals surface area contributed by atoms with Crippen LogP contribution in [-0.2, 0) is 6.42 Å². The first-order valence-electron chi connectivity index (χ1n) is 4.89. The Morgan fingerprint density at radius 3 is 3.06 bits per heavy atom. The maximum Gasteiger partial charge on any atom is 0.121 e. The van der Waals surface area contributed by atoms with Gasteiger partial charge in [-0.25, -0.2) is 4.68 Å². The van der Waals surface area contributed by atoms with Crippen LogP contribution >= 0.6 is 0 Å². The summed E-state index contributed by atoms with van der Waals surface area (Å²) in [5.74, 6) is 0.774. The van der Waals surface area contributed by atoms with E-state index in [4.69, 9.17) is 10.00 Å². The van der Waals surface area contributed by atoms with E-state index in [1.54, 1.807) is 18.0 Å². The van der Waals surface area contributed by atoms with E-state index in [1.165, 1.54) is 0 Å². The van der Waals surface area contributed by atoms with Crippen molar-refractivity contribution >= 4 is 0 Å². The Labute approximate surface area is 93.7 Å². The van der Waals surface area contributed by atoms with Crippen molar-refractivity contribution in [2.24, 2.45) is 0 Å². The lowest BCUT2D eigenvalue weighted by Crippen LogP contribution is -2.01. The highest BCUT2D eigenvalue weighted by Crippen LogP contribution is 2.17. The second kappa shape index (κ2) is 4.49. The minimum Gasteiger partial charge on any atom is -0.497 e. The number of nitriles is 1. The monoisotopic (exact) mass is 213 g/mol. The van der Waals surface area contributed by atoms with E-state index in [0.29, 0.717) is 6.42 Å². The topological polar surface area (TPSA) is 50.8 Å². The van der Waals surface area contributed by atoms with E-state index in [9.17, 15) is 0 Å². The van der Waals surface area contributed by atoms with Gasteiger partial charge in [-0.3, -0.25) is 0 Å². The molecule has 0 bridgehead atoms. The fraction of sp³-hybridized carbons (Fsp3) is 0.167. The summed E-state index contributed by atoms with van der Waals surface area (Å²) in [5, 5.41) is 12.9. The minimum atomic E-state index is 0.344. The highest BCUT2D eigenvalue weighted by Gasteiger charge is 2.04. The fourth-order valence-corrected chi connectivity index (χ4v) is 1.52. The van der Waals surface area contributed by atoms with Crippen molar-refractivity contribution in [2.45, 2.75) is 6.42 Å². The number of aromatic nitrogens is 2. The van der Waals surface area contributed by atoms with Crippen LogP contribution in [0.15, 0.2) is 36.5 Å². The van der Waals surface area contributed by atoms with E-state index in [2.05, 4.69) is 11.2 Å². The first kappa shape index (κ1) is 10.2. The number of methoxy groups -OCH3 is 1. The van der Waals surface area contributed by atoms with Gasteiger partial charge in [0.05, 0.1) is 31.0 Å². The highest BCUT2D eigenvalue weighted by atomic mass is 16.5. The van der Waals surface area contributed by atoms with Crippen LogP contribution in [0, 0.1) is 11.3 Å². The van der Waals surface area contributed by atoms with Crippen molar-refractivity contribution in [1.29, 1.82) is 5.26 Å². The quantitative estimate of drug-likeness (QED) is 0.783. The van der Waals surface area contributed by atoms with E-state index >= 15 is 0 Å². The molecule has 0 radical (unpaired) electrons. The molecule has 16 heavy (non-hydrogen) atoms. The maximum atomic E-state index is 8.69. The van der Waals surface area contributed by atoms with Crippen LogP contribution in [0.1, 0.15) is 5.69 Å². The third-order valence-corrected chi connectivity index (χ3v) is 2.28. The molecule has 0 saturated carbocycles. The predicted molar refractivity (Wildman–Crippen MR) is 59.4 cm³/mol. The molecule has 0 saturated heterocycles. The molecule has 0 aliphatic carbocycles. The van der Waals surface area contributed by atoms with Gasteiger partial charge in [0, 0.05) is 12.3 Å². The van der Waals surface area contributed by atoms with Crippen molar-refractivity contribution in [1.82, 2.24) is 9.78 Å². The Balaban J connectivity index is 2.42. The number of hydrogen-bond donors (Lipinski definition) is 0. The number of hydrogen-bond acceptors (Lipinski definition) is 3. The molecule has 2 rings (SSSR count). The maximum absolute atomic E-state index is 8.69. The number of nitrogens with zero attached hydrogens (tertiary/aromatic N) is 3. The largest absolute Gasteiger partial charge is 0.497 e. The molecule has 1 heterocycles. The van der Waals surface area contributed by atoms with Crippen molar-refractivity contribution in [3.05, 3.63) is 42.2 Å². The van der Waals surface area contributed by atoms with Gasteiger partial charge in [-0.1, -0.05) is 6.07 Å². The number of ether oxygens (including phenoxy) is 1. The van der Waals surface area contributed by atoms with Crippen LogP contribution in [0.4, 0.5) is 0 Å². The van der Waals surface area contributed by atoms with E-state index in [1.807, 2.05) is 30.3 Å². The standard InChI is InChI=1S/C12H11N3O/c1-16-12-4-2-3-11(9-12)15-10(5-7-13)6-8-14-15/h2-4,6,8-9H,5H2,1H3. The SMILES string of the molecule is COc1cccc(-n2nccc2CC#N)c1. The lowest BCUT2D eigenvalue weighted by atomic mass is 10.2. The summed E-state index contributed by atoms with van der Waals surface area (Å²) in [4.78, 5) is 0. The summed E-state index contributed by atoms with van der Waals surface area (Å²) in [6.07, 6.45) is 2.03. The van der Waals surface area contributed by atoms with E-state index in [0.717, 1.165) is 17.1 Å². The Morgan fingerprint density at radius 1 is 1.44 bits per heavy atom. The highest BCUT2D eigenvalue weighted by molar-refractivity contribution is 5.39. The average Bonchev–Trinajstić information content (AvgIpc) is 2.78. The molecule has 1 aromatic carbocycles. The van der Waals surface area contributed by atoms with Crippen LogP contribution in [0.2, 0.25) is 0 Å². The van der Waals surface area contributed by atoms with Crippen LogP contribution in [0.5, 0.6) is 5.75 Å². The Hall–Kier alpha value is -2.28. The van der Waals surface area contributed by atoms with Crippen molar-refractivity contribution < 1.29 is 4.74 Å². The molecule has 0 amide bonds. The summed E-state index contributed by atoms with van der Waals surface area (Å²) in [7, 11) is 1.62. The summed E-state index contributed by atoms with van der Waals surface area (Å²) in [5.41, 5.74) is 1.77. The zero-order chi connectivity index (χ0) is 11.4. The molecular formula is C12H11N3O. The van der Waals surface area contributed by atoms with Crippen LogP contribution in [0.25, 0.3) is 5.69 Å². The molecule has 0 N–H and O–H groups in total. The first-order valence-corrected chi connectivity index (χ1v) is 4.89. The fourth-order valence-electron chi connectivity index (χ4n) is 1.52. The van der Waals surface area contributed by atoms with Gasteiger partial charge in [-0.2, -0.15) is 10.4 Å². The Bertz CT molecular complexity index is 525. The van der Waals surface area contributed by atoms with Gasteiger partial charge >= 0.3 is 0 Å². The van der Waals surface area contributed by atoms with Crippen molar-refractivity contribution in [3.63, 3.8) is 0 Å². The molecule has 0 aliphatic rings. The molecule has 1 aromatic heterocycles. The smallest absolute Gasteiger partial charge is 0.121 e. The molecule has 4 heteroatoms. The molecule has 80 valence electrons. The van der Waals surface area contributed by atoms with Crippen LogP contribution in [0.3, 0.4) is 0 Å². The summed E-state index contributed by atoms with van der Waals surface area (Å²) in [6, 6.07) is 11.5. The van der Waals surface area contributed by atoms with Gasteiger partial charge in [0.2, 0.25) is 0 Å². The van der Waals surface area contributed by atoms with Gasteiger partial charge in [-0.05, 0) is 18.2 Å². The van der Waals surface area contributed by atoms with Gasteiger partial charge < -0.3 is 4.74 Å². The second-order valence-electron chi connectivity index (χ2n) is 3.27. The normalized spacial score (nSPS) is 9.75. The third kappa shape index (κ3) is 1.89. The lowest BCUT2D eigenvalue weighted by Gasteiger charge is -2.06. The van der Waals surface area contributed by atoms with Crippen LogP contribution < -0.4 is 4.74 Å². The summed E-state index contributed by atoms with van der Waals surface area (Å²) in [6.45, 7) is 0. The van der Waals surface area contributed by atoms with Crippen LogP contribution in [-0.4, -0.2) is 16.9 Å². The van der Waals surface area contributed by atoms with E-state index in [-0.39, 0.29) is 0 Å². The first-order chi connectivity index (χ1) is 7.85. The van der Waals surface area contributed by atoms with Crippen molar-refractivity contribution in [3.8, 4) is 17.5 Å². The summed E-state index contributed by atoms with van der Waals surface area (Å²) >= 11 is 0. The number of benzene rings is 1. The lowest BCUT2D eigenvalue weighted by molar-refractivity contribution is 0.414. The number of rotatable bonds is 3. The molecular weight excluding hydrogens is 202 g/mol. The van der Waals surface area contributed by atoms with Gasteiger partial charge in [0.25, 0.3) is 0 Å². The molecule has 0 atom stereocenters. The van der Waals surface area contributed by atoms with E-state index < -0.39 is 0 Å². The third-order valence-electron chi connectivity index (χ3n) is 2.28. The van der Waals surface area contributed by atoms with Gasteiger partial charge in [0.15, 0.2) is 0 Å². The zero-order valence-electron chi connectivity index (χ0n) is 8.92. The van der Waals surface area contributed by atoms with Crippen molar-refractivity contribution in [2.75, 3.05) is 7.11 Å². The second-order valence-corrected chi connectivity index (χ2v) is 3.27. The molecule has 4 nitrogen and oxygen atoms in total. The predicted octanol–water partition coefficient (Wildman–Crippen LogP) is 1.95. The van der Waals surface area contributed by atoms with Gasteiger partial charge in [-0.15, -0.1) is 0 Å². The molecule has 0 unspecified atom stereocenters. The minimum absolute atomic E-state index is 0.344. The molecule has 2 aromatic rings. The molecule has 0 aliphatic heterocycles. The summed E-state index contributed by atoms with van der Waals surface area (Å²) < 4.78 is 6.89. The molecule has 0 spiro atoms. The Morgan fingerprint density at radius 2 is 2.31 bits per heavy atom.